The fourth-order valence-electron chi connectivity index (χ4n) is 4.84. The molecule has 1 aromatic heterocycles. The fourth-order valence-corrected chi connectivity index (χ4v) is 4.97. The highest BCUT2D eigenvalue weighted by Crippen LogP contribution is 2.19. The van der Waals surface area contributed by atoms with Crippen molar-refractivity contribution in [2.24, 2.45) is 0 Å². The number of likely N-dealkylation sites (tertiary alicyclic amines) is 2. The molecule has 0 radical (unpaired) electrons. The second-order valence-corrected chi connectivity index (χ2v) is 10.3. The van der Waals surface area contributed by atoms with E-state index < -0.39 is 11.9 Å². The highest BCUT2D eigenvalue weighted by atomic mass is 35.5. The van der Waals surface area contributed by atoms with Crippen LogP contribution in [0.5, 0.6) is 5.75 Å². The van der Waals surface area contributed by atoms with Crippen LogP contribution in [0.15, 0.2) is 24.3 Å². The number of nitrogen functional groups attached to an aromatic ring is 2. The van der Waals surface area contributed by atoms with Gasteiger partial charge in [0, 0.05) is 26.2 Å². The molecule has 2 fully saturated rings. The Morgan fingerprint density at radius 1 is 1.10 bits per heavy atom. The molecular formula is C26H35ClN8O4. The molecular weight excluding hydrogens is 524 g/mol. The smallest absolute Gasteiger partial charge is 0.274 e. The van der Waals surface area contributed by atoms with Gasteiger partial charge in [-0.1, -0.05) is 23.7 Å². The van der Waals surface area contributed by atoms with E-state index in [1.54, 1.807) is 11.9 Å². The van der Waals surface area contributed by atoms with Crippen molar-refractivity contribution in [3.8, 4) is 5.75 Å². The molecule has 1 unspecified atom stereocenters. The summed E-state index contributed by atoms with van der Waals surface area (Å²) in [7, 11) is 1.73. The first-order valence-corrected chi connectivity index (χ1v) is 13.4. The Balaban J connectivity index is 1.16. The van der Waals surface area contributed by atoms with Crippen molar-refractivity contribution in [2.45, 2.75) is 44.2 Å². The molecule has 6 N–H and O–H groups in total. The number of likely N-dealkylation sites (N-methyl/N-ethyl adjacent to an activating group) is 1. The van der Waals surface area contributed by atoms with Gasteiger partial charge >= 0.3 is 0 Å². The van der Waals surface area contributed by atoms with Crippen molar-refractivity contribution < 1.29 is 19.1 Å². The minimum Gasteiger partial charge on any atom is -0.484 e. The molecule has 2 aromatic rings. The van der Waals surface area contributed by atoms with Gasteiger partial charge in [0.1, 0.15) is 11.8 Å². The molecule has 0 aliphatic carbocycles. The maximum Gasteiger partial charge on any atom is 0.274 e. The molecule has 0 bridgehead atoms. The van der Waals surface area contributed by atoms with E-state index in [0.29, 0.717) is 18.7 Å². The number of nitrogens with two attached hydrogens (primary N) is 2. The monoisotopic (exact) mass is 558 g/mol. The van der Waals surface area contributed by atoms with Crippen molar-refractivity contribution in [2.75, 3.05) is 51.3 Å². The van der Waals surface area contributed by atoms with Crippen molar-refractivity contribution >= 4 is 41.0 Å². The number of aromatic nitrogens is 2. The van der Waals surface area contributed by atoms with Gasteiger partial charge in [-0.25, -0.2) is 9.97 Å². The van der Waals surface area contributed by atoms with Gasteiger partial charge in [-0.2, -0.15) is 0 Å². The lowest BCUT2D eigenvalue weighted by molar-refractivity contribution is -0.132. The summed E-state index contributed by atoms with van der Waals surface area (Å²) >= 11 is 5.90. The van der Waals surface area contributed by atoms with Crippen LogP contribution in [-0.2, 0) is 16.0 Å². The number of hydrogen-bond acceptors (Lipinski definition) is 9. The van der Waals surface area contributed by atoms with E-state index in [-0.39, 0.29) is 46.9 Å². The number of aryl methyl sites for hydroxylation is 1. The Bertz CT molecular complexity index is 1200. The summed E-state index contributed by atoms with van der Waals surface area (Å²) < 4.78 is 5.58. The van der Waals surface area contributed by atoms with Gasteiger partial charge in [0.25, 0.3) is 11.8 Å². The number of carbonyl (C=O) groups is 3. The minimum absolute atomic E-state index is 0.00855. The number of rotatable bonds is 10. The predicted molar refractivity (Wildman–Crippen MR) is 147 cm³/mol. The van der Waals surface area contributed by atoms with Crippen LogP contribution in [0.4, 0.5) is 11.6 Å². The molecule has 39 heavy (non-hydrogen) atoms. The van der Waals surface area contributed by atoms with E-state index in [9.17, 15) is 14.4 Å². The Labute approximate surface area is 232 Å². The van der Waals surface area contributed by atoms with E-state index in [4.69, 9.17) is 27.8 Å². The summed E-state index contributed by atoms with van der Waals surface area (Å²) in [6.07, 6.45) is 4.30. The standard InChI is InChI=1S/C26H35ClN8O4/c1-34-13-10-19(26(34)38)31-20(36)15-39-18-8-6-16(7-9-18)4-2-11-35-12-3-5-17(14-35)30-25(37)21-23(28)33-24(29)22(27)32-21/h6-9,17,19H,2-5,10-15H2,1H3,(H,30,37)(H,31,36)(H4,28,29,33)/t17-,19?/m0/s1. The van der Waals surface area contributed by atoms with Gasteiger partial charge in [0.15, 0.2) is 29.1 Å². The van der Waals surface area contributed by atoms with E-state index in [2.05, 4.69) is 25.5 Å². The molecule has 13 heteroatoms. The highest BCUT2D eigenvalue weighted by Gasteiger charge is 2.30. The van der Waals surface area contributed by atoms with Crippen molar-refractivity contribution in [3.63, 3.8) is 0 Å². The van der Waals surface area contributed by atoms with Crippen LogP contribution < -0.4 is 26.8 Å². The first kappa shape index (κ1) is 28.4. The number of nitrogens with one attached hydrogen (secondary N) is 2. The van der Waals surface area contributed by atoms with E-state index in [0.717, 1.165) is 45.3 Å². The zero-order valence-corrected chi connectivity index (χ0v) is 22.7. The van der Waals surface area contributed by atoms with Gasteiger partial charge < -0.3 is 36.6 Å². The molecule has 2 aliphatic rings. The Morgan fingerprint density at radius 3 is 2.59 bits per heavy atom. The van der Waals surface area contributed by atoms with E-state index in [1.807, 2.05) is 24.3 Å². The third-order valence-electron chi connectivity index (χ3n) is 6.96. The third kappa shape index (κ3) is 7.70. The zero-order chi connectivity index (χ0) is 27.9. The van der Waals surface area contributed by atoms with Gasteiger partial charge in [0.2, 0.25) is 5.91 Å². The summed E-state index contributed by atoms with van der Waals surface area (Å²) in [6, 6.07) is 7.19. The van der Waals surface area contributed by atoms with Gasteiger partial charge in [-0.3, -0.25) is 14.4 Å². The number of benzene rings is 1. The topological polar surface area (TPSA) is 169 Å². The Hall–Kier alpha value is -3.64. The number of ether oxygens (including phenoxy) is 1. The summed E-state index contributed by atoms with van der Waals surface area (Å²) in [5, 5.41) is 5.66. The van der Waals surface area contributed by atoms with Crippen molar-refractivity contribution in [1.29, 1.82) is 0 Å². The van der Waals surface area contributed by atoms with E-state index in [1.165, 1.54) is 5.56 Å². The van der Waals surface area contributed by atoms with Crippen LogP contribution in [0, 0.1) is 0 Å². The summed E-state index contributed by atoms with van der Waals surface area (Å²) in [5.41, 5.74) is 12.5. The van der Waals surface area contributed by atoms with Crippen molar-refractivity contribution in [1.82, 2.24) is 30.4 Å². The largest absolute Gasteiger partial charge is 0.484 e. The normalized spacial score (nSPS) is 19.6. The molecule has 12 nitrogen and oxygen atoms in total. The predicted octanol–water partition coefficient (Wildman–Crippen LogP) is 0.847. The molecule has 0 spiro atoms. The Morgan fingerprint density at radius 2 is 1.87 bits per heavy atom. The van der Waals surface area contributed by atoms with Crippen LogP contribution in [-0.4, -0.2) is 89.4 Å². The van der Waals surface area contributed by atoms with Crippen LogP contribution in [0.2, 0.25) is 5.15 Å². The fraction of sp³-hybridized carbons (Fsp3) is 0.500. The number of anilines is 2. The average molecular weight is 559 g/mol. The van der Waals surface area contributed by atoms with Crippen molar-refractivity contribution in [3.05, 3.63) is 40.7 Å². The summed E-state index contributed by atoms with van der Waals surface area (Å²) in [5.74, 6) is -0.237. The average Bonchev–Trinajstić information content (AvgIpc) is 3.22. The maximum absolute atomic E-state index is 12.7. The molecule has 0 saturated carbocycles. The summed E-state index contributed by atoms with van der Waals surface area (Å²) in [6.45, 7) is 3.12. The molecule has 2 saturated heterocycles. The lowest BCUT2D eigenvalue weighted by atomic mass is 10.0. The number of halogens is 1. The number of piperidine rings is 1. The SMILES string of the molecule is CN1CCC(NC(=O)COc2ccc(CCCN3CCC[C@H](NC(=O)c4nc(Cl)c(N)nc4N)C3)cc2)C1=O. The lowest BCUT2D eigenvalue weighted by Crippen LogP contribution is -2.48. The van der Waals surface area contributed by atoms with E-state index >= 15 is 0 Å². The summed E-state index contributed by atoms with van der Waals surface area (Å²) in [4.78, 5) is 48.5. The lowest BCUT2D eigenvalue weighted by Gasteiger charge is -2.33. The van der Waals surface area contributed by atoms with Crippen LogP contribution in [0.25, 0.3) is 0 Å². The molecule has 210 valence electrons. The molecule has 2 atom stereocenters. The van der Waals surface area contributed by atoms with Gasteiger partial charge in [-0.05, 0) is 62.9 Å². The zero-order valence-electron chi connectivity index (χ0n) is 22.0. The van der Waals surface area contributed by atoms with Gasteiger partial charge in [-0.15, -0.1) is 0 Å². The maximum atomic E-state index is 12.7. The molecule has 1 aromatic carbocycles. The van der Waals surface area contributed by atoms with Crippen LogP contribution >= 0.6 is 11.6 Å². The second-order valence-electron chi connectivity index (χ2n) is 9.95. The molecule has 2 aliphatic heterocycles. The first-order valence-electron chi connectivity index (χ1n) is 13.1. The number of carbonyl (C=O) groups excluding carboxylic acids is 3. The number of hydrogen-bond donors (Lipinski definition) is 4. The third-order valence-corrected chi connectivity index (χ3v) is 7.23. The quantitative estimate of drug-likeness (QED) is 0.330. The van der Waals surface area contributed by atoms with Crippen LogP contribution in [0.3, 0.4) is 0 Å². The second kappa shape index (κ2) is 12.9. The molecule has 3 amide bonds. The van der Waals surface area contributed by atoms with Gasteiger partial charge in [0.05, 0.1) is 0 Å². The highest BCUT2D eigenvalue weighted by molar-refractivity contribution is 6.31. The molecule has 4 rings (SSSR count). The number of nitrogens with zero attached hydrogens (tertiary/aromatic N) is 4. The molecule has 3 heterocycles. The minimum atomic E-state index is -0.462. The number of amides is 3. The first-order chi connectivity index (χ1) is 18.7. The van der Waals surface area contributed by atoms with Crippen LogP contribution in [0.1, 0.15) is 41.7 Å². The Kier molecular flexibility index (Phi) is 9.41.